The van der Waals surface area contributed by atoms with E-state index < -0.39 is 0 Å². The number of halogens is 1. The van der Waals surface area contributed by atoms with Gasteiger partial charge in [0, 0.05) is 34.9 Å². The number of nitrogens with zero attached hydrogens (tertiary/aromatic N) is 3. The highest BCUT2D eigenvalue weighted by Gasteiger charge is 2.15. The highest BCUT2D eigenvalue weighted by atomic mass is 79.9. The maximum atomic E-state index is 4.67. The lowest BCUT2D eigenvalue weighted by molar-refractivity contribution is 0.514. The van der Waals surface area contributed by atoms with Gasteiger partial charge in [0.2, 0.25) is 0 Å². The van der Waals surface area contributed by atoms with E-state index in [4.69, 9.17) is 0 Å². The molecule has 110 valence electrons. The number of hydrogen-bond acceptors (Lipinski definition) is 4. The third kappa shape index (κ3) is 3.51. The lowest BCUT2D eigenvalue weighted by Crippen LogP contribution is -2.25. The maximum absolute atomic E-state index is 4.67. The molecule has 0 saturated carbocycles. The van der Waals surface area contributed by atoms with Gasteiger partial charge in [-0.25, -0.2) is 4.98 Å². The predicted octanol–water partition coefficient (Wildman–Crippen LogP) is 3.84. The molecule has 0 amide bonds. The van der Waals surface area contributed by atoms with Crippen molar-refractivity contribution in [2.24, 2.45) is 0 Å². The smallest absolute Gasteiger partial charge is 0.193 e. The van der Waals surface area contributed by atoms with Crippen LogP contribution in [0.1, 0.15) is 30.8 Å². The van der Waals surface area contributed by atoms with Crippen molar-refractivity contribution in [1.82, 2.24) is 19.7 Å². The molecule has 3 heterocycles. The average molecular weight is 365 g/mol. The molecule has 1 atom stereocenters. The summed E-state index contributed by atoms with van der Waals surface area (Å²) in [5.41, 5.74) is 2.16. The summed E-state index contributed by atoms with van der Waals surface area (Å²) in [6, 6.07) is 4.30. The van der Waals surface area contributed by atoms with Crippen LogP contribution in [0.5, 0.6) is 0 Å². The van der Waals surface area contributed by atoms with Gasteiger partial charge in [-0.05, 0) is 41.0 Å². The van der Waals surface area contributed by atoms with Crippen LogP contribution in [0.3, 0.4) is 0 Å². The highest BCUT2D eigenvalue weighted by molar-refractivity contribution is 9.10. The molecule has 3 rings (SSSR count). The maximum Gasteiger partial charge on any atom is 0.193 e. The van der Waals surface area contributed by atoms with Crippen molar-refractivity contribution in [2.75, 3.05) is 6.54 Å². The van der Waals surface area contributed by atoms with Gasteiger partial charge in [0.25, 0.3) is 0 Å². The fraction of sp³-hybridized carbons (Fsp3) is 0.333. The average Bonchev–Trinajstić information content (AvgIpc) is 3.05. The van der Waals surface area contributed by atoms with E-state index in [1.54, 1.807) is 11.3 Å². The van der Waals surface area contributed by atoms with Crippen LogP contribution in [0.15, 0.2) is 40.6 Å². The predicted molar refractivity (Wildman–Crippen MR) is 89.7 cm³/mol. The standard InChI is InChI=1S/C15H17BrN4S/c1-2-5-17-14(13-4-3-11(16)9-18-13)8-12-10-20-6-7-21-15(20)19-12/h3-4,6-7,9-10,14,17H,2,5,8H2,1H3. The van der Waals surface area contributed by atoms with Crippen molar-refractivity contribution in [3.05, 3.63) is 52.0 Å². The number of hydrogen-bond donors (Lipinski definition) is 1. The molecule has 1 unspecified atom stereocenters. The van der Waals surface area contributed by atoms with Gasteiger partial charge >= 0.3 is 0 Å². The largest absolute Gasteiger partial charge is 0.308 e. The van der Waals surface area contributed by atoms with Gasteiger partial charge in [0.1, 0.15) is 0 Å². The summed E-state index contributed by atoms with van der Waals surface area (Å²) in [6.07, 6.45) is 7.95. The Hall–Kier alpha value is -1.24. The van der Waals surface area contributed by atoms with Crippen molar-refractivity contribution in [3.8, 4) is 0 Å². The number of aromatic nitrogens is 3. The van der Waals surface area contributed by atoms with E-state index in [1.165, 1.54) is 0 Å². The van der Waals surface area contributed by atoms with Gasteiger partial charge in [0.05, 0.1) is 17.4 Å². The zero-order valence-electron chi connectivity index (χ0n) is 11.8. The molecule has 0 bridgehead atoms. The molecule has 0 aromatic carbocycles. The summed E-state index contributed by atoms with van der Waals surface area (Å²) < 4.78 is 3.08. The monoisotopic (exact) mass is 364 g/mol. The van der Waals surface area contributed by atoms with Crippen LogP contribution in [-0.2, 0) is 6.42 Å². The molecule has 0 aliphatic heterocycles. The zero-order valence-corrected chi connectivity index (χ0v) is 14.2. The summed E-state index contributed by atoms with van der Waals surface area (Å²) in [5.74, 6) is 0. The van der Waals surface area contributed by atoms with E-state index in [9.17, 15) is 0 Å². The van der Waals surface area contributed by atoms with Gasteiger partial charge in [-0.2, -0.15) is 0 Å². The molecule has 0 aliphatic carbocycles. The Bertz CT molecular complexity index is 675. The molecule has 0 spiro atoms. The minimum Gasteiger partial charge on any atom is -0.308 e. The Kier molecular flexibility index (Phi) is 4.67. The number of nitrogens with one attached hydrogen (secondary N) is 1. The second kappa shape index (κ2) is 6.68. The van der Waals surface area contributed by atoms with Crippen LogP contribution in [-0.4, -0.2) is 20.9 Å². The Labute approximate surface area is 136 Å². The number of thiazole rings is 1. The SMILES string of the molecule is CCCNC(Cc1cn2ccsc2n1)c1ccc(Br)cn1. The molecule has 1 N–H and O–H groups in total. The molecule has 21 heavy (non-hydrogen) atoms. The first-order valence-electron chi connectivity index (χ1n) is 7.02. The van der Waals surface area contributed by atoms with Crippen molar-refractivity contribution in [1.29, 1.82) is 0 Å². The van der Waals surface area contributed by atoms with E-state index >= 15 is 0 Å². The Morgan fingerprint density at radius 3 is 3.05 bits per heavy atom. The van der Waals surface area contributed by atoms with Gasteiger partial charge in [0.15, 0.2) is 4.96 Å². The van der Waals surface area contributed by atoms with Crippen LogP contribution < -0.4 is 5.32 Å². The van der Waals surface area contributed by atoms with E-state index in [0.717, 1.165) is 40.2 Å². The molecule has 0 radical (unpaired) electrons. The Morgan fingerprint density at radius 2 is 2.33 bits per heavy atom. The van der Waals surface area contributed by atoms with Crippen molar-refractivity contribution < 1.29 is 0 Å². The lowest BCUT2D eigenvalue weighted by atomic mass is 10.1. The van der Waals surface area contributed by atoms with Crippen molar-refractivity contribution in [2.45, 2.75) is 25.8 Å². The molecule has 3 aromatic heterocycles. The zero-order chi connectivity index (χ0) is 14.7. The molecular formula is C15H17BrN4S. The number of pyridine rings is 1. The summed E-state index contributed by atoms with van der Waals surface area (Å²) in [7, 11) is 0. The van der Waals surface area contributed by atoms with Crippen LogP contribution >= 0.6 is 27.3 Å². The summed E-state index contributed by atoms with van der Waals surface area (Å²) in [4.78, 5) is 10.2. The van der Waals surface area contributed by atoms with E-state index in [-0.39, 0.29) is 6.04 Å². The van der Waals surface area contributed by atoms with Crippen LogP contribution in [0.4, 0.5) is 0 Å². The van der Waals surface area contributed by atoms with Gasteiger partial charge in [-0.3, -0.25) is 9.38 Å². The highest BCUT2D eigenvalue weighted by Crippen LogP contribution is 2.20. The van der Waals surface area contributed by atoms with Gasteiger partial charge in [-0.1, -0.05) is 6.92 Å². The van der Waals surface area contributed by atoms with Gasteiger partial charge in [-0.15, -0.1) is 11.3 Å². The summed E-state index contributed by atoms with van der Waals surface area (Å²) in [6.45, 7) is 3.15. The topological polar surface area (TPSA) is 42.2 Å². The third-order valence-corrected chi connectivity index (χ3v) is 4.54. The minimum atomic E-state index is 0.197. The van der Waals surface area contributed by atoms with E-state index in [2.05, 4.69) is 60.2 Å². The lowest BCUT2D eigenvalue weighted by Gasteiger charge is -2.17. The molecular weight excluding hydrogens is 348 g/mol. The number of fused-ring (bicyclic) bond motifs is 1. The minimum absolute atomic E-state index is 0.197. The summed E-state index contributed by atoms with van der Waals surface area (Å²) >= 11 is 5.10. The number of rotatable bonds is 6. The molecule has 4 nitrogen and oxygen atoms in total. The fourth-order valence-corrected chi connectivity index (χ4v) is 3.23. The van der Waals surface area contributed by atoms with Crippen LogP contribution in [0.25, 0.3) is 4.96 Å². The molecule has 0 saturated heterocycles. The Balaban J connectivity index is 1.81. The van der Waals surface area contributed by atoms with Crippen molar-refractivity contribution in [3.63, 3.8) is 0 Å². The quantitative estimate of drug-likeness (QED) is 0.722. The normalized spacial score (nSPS) is 12.9. The van der Waals surface area contributed by atoms with Crippen LogP contribution in [0.2, 0.25) is 0 Å². The Morgan fingerprint density at radius 1 is 1.43 bits per heavy atom. The molecule has 6 heteroatoms. The second-order valence-corrected chi connectivity index (χ2v) is 6.73. The number of imidazole rings is 1. The molecule has 0 aliphatic rings. The first kappa shape index (κ1) is 14.7. The van der Waals surface area contributed by atoms with Gasteiger partial charge < -0.3 is 5.32 Å². The first-order chi connectivity index (χ1) is 10.3. The molecule has 0 fully saturated rings. The molecule has 3 aromatic rings. The van der Waals surface area contributed by atoms with Crippen LogP contribution in [0, 0.1) is 0 Å². The summed E-state index contributed by atoms with van der Waals surface area (Å²) in [5, 5.41) is 5.62. The van der Waals surface area contributed by atoms with Crippen molar-refractivity contribution >= 4 is 32.2 Å². The fourth-order valence-electron chi connectivity index (χ4n) is 2.28. The van der Waals surface area contributed by atoms with E-state index in [1.807, 2.05) is 18.5 Å². The second-order valence-electron chi connectivity index (χ2n) is 4.94. The first-order valence-corrected chi connectivity index (χ1v) is 8.69. The van der Waals surface area contributed by atoms with E-state index in [0.29, 0.717) is 0 Å². The third-order valence-electron chi connectivity index (χ3n) is 3.30.